The lowest BCUT2D eigenvalue weighted by Gasteiger charge is -2.37. The standard InChI is InChI=1S/C18H28O2/c1-14(2)12-15-8-10-18(19,11-9-15)17-6-4-16(5-7-17)13-20-3/h4-7,14-15,19H,8-13H2,1-3H3. The molecule has 1 aromatic rings. The van der Waals surface area contributed by atoms with Crippen LogP contribution in [0.5, 0.6) is 0 Å². The molecule has 1 N–H and O–H groups in total. The molecule has 0 radical (unpaired) electrons. The monoisotopic (exact) mass is 276 g/mol. The summed E-state index contributed by atoms with van der Waals surface area (Å²) in [6, 6.07) is 8.27. The van der Waals surface area contributed by atoms with Gasteiger partial charge in [-0.2, -0.15) is 0 Å². The maximum absolute atomic E-state index is 10.9. The zero-order valence-electron chi connectivity index (χ0n) is 13.1. The minimum absolute atomic E-state index is 0.612. The molecule has 0 aliphatic heterocycles. The van der Waals surface area contributed by atoms with Crippen LogP contribution in [0, 0.1) is 11.8 Å². The average Bonchev–Trinajstić information content (AvgIpc) is 2.42. The van der Waals surface area contributed by atoms with Gasteiger partial charge in [0.1, 0.15) is 0 Å². The number of methoxy groups -OCH3 is 1. The predicted octanol–water partition coefficient (Wildman–Crippen LogP) is 4.26. The summed E-state index contributed by atoms with van der Waals surface area (Å²) < 4.78 is 5.13. The molecule has 1 aliphatic carbocycles. The molecule has 2 heteroatoms. The number of aliphatic hydroxyl groups is 1. The zero-order valence-corrected chi connectivity index (χ0v) is 13.1. The lowest BCUT2D eigenvalue weighted by atomic mass is 9.73. The second-order valence-electron chi connectivity index (χ2n) is 6.73. The van der Waals surface area contributed by atoms with Gasteiger partial charge in [-0.25, -0.2) is 0 Å². The maximum Gasteiger partial charge on any atom is 0.0896 e. The smallest absolute Gasteiger partial charge is 0.0896 e. The fraction of sp³-hybridized carbons (Fsp3) is 0.667. The molecule has 2 nitrogen and oxygen atoms in total. The first-order valence-corrected chi connectivity index (χ1v) is 7.84. The minimum Gasteiger partial charge on any atom is -0.385 e. The van der Waals surface area contributed by atoms with Crippen molar-refractivity contribution in [2.75, 3.05) is 7.11 Å². The Morgan fingerprint density at radius 2 is 1.80 bits per heavy atom. The van der Waals surface area contributed by atoms with E-state index >= 15 is 0 Å². The average molecular weight is 276 g/mol. The molecule has 1 aliphatic rings. The van der Waals surface area contributed by atoms with E-state index in [-0.39, 0.29) is 0 Å². The summed E-state index contributed by atoms with van der Waals surface area (Å²) in [7, 11) is 1.71. The normalized spacial score (nSPS) is 26.9. The van der Waals surface area contributed by atoms with Gasteiger partial charge in [-0.05, 0) is 55.1 Å². The van der Waals surface area contributed by atoms with Crippen LogP contribution in [-0.4, -0.2) is 12.2 Å². The SMILES string of the molecule is COCc1ccc(C2(O)CCC(CC(C)C)CC2)cc1. The lowest BCUT2D eigenvalue weighted by Crippen LogP contribution is -2.31. The highest BCUT2D eigenvalue weighted by Crippen LogP contribution is 2.41. The molecule has 0 atom stereocenters. The third-order valence-electron chi connectivity index (χ3n) is 4.54. The molecule has 0 spiro atoms. The molecule has 112 valence electrons. The quantitative estimate of drug-likeness (QED) is 0.871. The Hall–Kier alpha value is -0.860. The van der Waals surface area contributed by atoms with Crippen molar-refractivity contribution >= 4 is 0 Å². The third-order valence-corrected chi connectivity index (χ3v) is 4.54. The fourth-order valence-electron chi connectivity index (χ4n) is 3.42. The summed E-state index contributed by atoms with van der Waals surface area (Å²) in [5.74, 6) is 1.56. The summed E-state index contributed by atoms with van der Waals surface area (Å²) in [6.07, 6.45) is 5.38. The van der Waals surface area contributed by atoms with Gasteiger partial charge in [0.05, 0.1) is 12.2 Å². The zero-order chi connectivity index (χ0) is 14.6. The molecule has 0 heterocycles. The van der Waals surface area contributed by atoms with Crippen LogP contribution < -0.4 is 0 Å². The number of hydrogen-bond acceptors (Lipinski definition) is 2. The highest BCUT2D eigenvalue weighted by Gasteiger charge is 2.34. The maximum atomic E-state index is 10.9. The number of rotatable bonds is 5. The molecule has 0 amide bonds. The number of hydrogen-bond donors (Lipinski definition) is 1. The molecule has 0 unspecified atom stereocenters. The van der Waals surface area contributed by atoms with Crippen LogP contribution in [0.1, 0.15) is 57.1 Å². The molecule has 2 rings (SSSR count). The van der Waals surface area contributed by atoms with Gasteiger partial charge in [0, 0.05) is 7.11 Å². The van der Waals surface area contributed by atoms with Crippen molar-refractivity contribution in [2.45, 2.75) is 58.2 Å². The van der Waals surface area contributed by atoms with E-state index in [1.165, 1.54) is 6.42 Å². The van der Waals surface area contributed by atoms with Crippen molar-refractivity contribution in [3.63, 3.8) is 0 Å². The Kier molecular flexibility index (Phi) is 5.22. The van der Waals surface area contributed by atoms with E-state index in [2.05, 4.69) is 38.1 Å². The lowest BCUT2D eigenvalue weighted by molar-refractivity contribution is -0.0165. The Labute approximate surface area is 123 Å². The highest BCUT2D eigenvalue weighted by molar-refractivity contribution is 5.27. The topological polar surface area (TPSA) is 29.5 Å². The van der Waals surface area contributed by atoms with Crippen LogP contribution in [0.4, 0.5) is 0 Å². The largest absolute Gasteiger partial charge is 0.385 e. The number of benzene rings is 1. The summed E-state index contributed by atoms with van der Waals surface area (Å²) in [5.41, 5.74) is 1.62. The summed E-state index contributed by atoms with van der Waals surface area (Å²) >= 11 is 0. The van der Waals surface area contributed by atoms with E-state index in [0.29, 0.717) is 6.61 Å². The van der Waals surface area contributed by atoms with Gasteiger partial charge in [-0.1, -0.05) is 38.1 Å². The Balaban J connectivity index is 1.98. The van der Waals surface area contributed by atoms with Gasteiger partial charge >= 0.3 is 0 Å². The van der Waals surface area contributed by atoms with E-state index < -0.39 is 5.60 Å². The Morgan fingerprint density at radius 1 is 1.20 bits per heavy atom. The van der Waals surface area contributed by atoms with Gasteiger partial charge in [0.25, 0.3) is 0 Å². The van der Waals surface area contributed by atoms with Crippen molar-refractivity contribution in [3.8, 4) is 0 Å². The van der Waals surface area contributed by atoms with Crippen LogP contribution >= 0.6 is 0 Å². The van der Waals surface area contributed by atoms with E-state index in [1.54, 1.807) is 7.11 Å². The summed E-state index contributed by atoms with van der Waals surface area (Å²) in [4.78, 5) is 0. The molecular formula is C18H28O2. The van der Waals surface area contributed by atoms with Crippen molar-refractivity contribution in [3.05, 3.63) is 35.4 Å². The van der Waals surface area contributed by atoms with Crippen molar-refractivity contribution in [2.24, 2.45) is 11.8 Å². The molecule has 1 fully saturated rings. The van der Waals surface area contributed by atoms with Crippen LogP contribution in [0.15, 0.2) is 24.3 Å². The van der Waals surface area contributed by atoms with Crippen molar-refractivity contribution < 1.29 is 9.84 Å². The Morgan fingerprint density at radius 3 is 2.30 bits per heavy atom. The highest BCUT2D eigenvalue weighted by atomic mass is 16.5. The first-order valence-electron chi connectivity index (χ1n) is 7.84. The summed E-state index contributed by atoms with van der Waals surface area (Å²) in [6.45, 7) is 5.21. The van der Waals surface area contributed by atoms with Crippen LogP contribution in [0.3, 0.4) is 0 Å². The molecule has 0 aromatic heterocycles. The first kappa shape index (κ1) is 15.5. The van der Waals surface area contributed by atoms with Crippen molar-refractivity contribution in [1.82, 2.24) is 0 Å². The molecular weight excluding hydrogens is 248 g/mol. The minimum atomic E-state index is -0.612. The van der Waals surface area contributed by atoms with E-state index in [4.69, 9.17) is 4.74 Å². The predicted molar refractivity (Wildman–Crippen MR) is 82.5 cm³/mol. The van der Waals surface area contributed by atoms with E-state index in [0.717, 1.165) is 48.6 Å². The third kappa shape index (κ3) is 3.83. The molecule has 20 heavy (non-hydrogen) atoms. The fourth-order valence-corrected chi connectivity index (χ4v) is 3.42. The Bertz CT molecular complexity index is 400. The molecule has 1 aromatic carbocycles. The number of ether oxygens (including phenoxy) is 1. The molecule has 1 saturated carbocycles. The molecule has 0 saturated heterocycles. The van der Waals surface area contributed by atoms with Crippen molar-refractivity contribution in [1.29, 1.82) is 0 Å². The van der Waals surface area contributed by atoms with Gasteiger partial charge in [0.15, 0.2) is 0 Å². The van der Waals surface area contributed by atoms with Gasteiger partial charge in [0.2, 0.25) is 0 Å². The van der Waals surface area contributed by atoms with Crippen LogP contribution in [-0.2, 0) is 16.9 Å². The first-order chi connectivity index (χ1) is 9.53. The van der Waals surface area contributed by atoms with Crippen LogP contribution in [0.2, 0.25) is 0 Å². The second-order valence-corrected chi connectivity index (χ2v) is 6.73. The van der Waals surface area contributed by atoms with Gasteiger partial charge in [-0.15, -0.1) is 0 Å². The van der Waals surface area contributed by atoms with E-state index in [1.807, 2.05) is 0 Å². The second kappa shape index (κ2) is 6.73. The van der Waals surface area contributed by atoms with Gasteiger partial charge in [-0.3, -0.25) is 0 Å². The van der Waals surface area contributed by atoms with Gasteiger partial charge < -0.3 is 9.84 Å². The van der Waals surface area contributed by atoms with Crippen LogP contribution in [0.25, 0.3) is 0 Å². The molecule has 0 bridgehead atoms. The van der Waals surface area contributed by atoms with E-state index in [9.17, 15) is 5.11 Å². The summed E-state index contributed by atoms with van der Waals surface area (Å²) in [5, 5.41) is 10.9.